The van der Waals surface area contributed by atoms with Crippen molar-refractivity contribution in [3.05, 3.63) is 0 Å². The largest absolute Gasteiger partial charge is 0.391 e. The fourth-order valence-electron chi connectivity index (χ4n) is 2.98. The number of hydrogen-bond acceptors (Lipinski definition) is 3. The Labute approximate surface area is 110 Å². The first-order chi connectivity index (χ1) is 8.65. The molecule has 0 radical (unpaired) electrons. The zero-order valence-corrected chi connectivity index (χ0v) is 11.4. The third kappa shape index (κ3) is 3.69. The summed E-state index contributed by atoms with van der Waals surface area (Å²) in [6.45, 7) is 0.420. The topological polar surface area (TPSA) is 61.4 Å². The quantitative estimate of drug-likeness (QED) is 0.667. The Morgan fingerprint density at radius 2 is 2.00 bits per heavy atom. The molecule has 3 N–H and O–H groups in total. The predicted molar refractivity (Wildman–Crippen MR) is 71.2 cm³/mol. The first-order valence-electron chi connectivity index (χ1n) is 7.29. The Kier molecular flexibility index (Phi) is 4.62. The van der Waals surface area contributed by atoms with Crippen molar-refractivity contribution in [3.8, 4) is 0 Å². The van der Waals surface area contributed by atoms with Gasteiger partial charge in [-0.05, 0) is 38.6 Å². The molecule has 0 aromatic carbocycles. The minimum atomic E-state index is -0.342. The van der Waals surface area contributed by atoms with Crippen molar-refractivity contribution >= 4 is 5.91 Å². The first kappa shape index (κ1) is 13.8. The van der Waals surface area contributed by atoms with Crippen LogP contribution in [0.5, 0.6) is 0 Å². The molecule has 0 spiro atoms. The fourth-order valence-corrected chi connectivity index (χ4v) is 2.98. The van der Waals surface area contributed by atoms with E-state index in [4.69, 9.17) is 0 Å². The molecule has 0 heterocycles. The average molecular weight is 254 g/mol. The Morgan fingerprint density at radius 3 is 2.56 bits per heavy atom. The summed E-state index contributed by atoms with van der Waals surface area (Å²) in [6.07, 6.45) is 8.29. The van der Waals surface area contributed by atoms with Gasteiger partial charge in [0, 0.05) is 18.5 Å². The highest BCUT2D eigenvalue weighted by atomic mass is 16.3. The van der Waals surface area contributed by atoms with Crippen LogP contribution in [0.2, 0.25) is 0 Å². The maximum absolute atomic E-state index is 12.0. The monoisotopic (exact) mass is 254 g/mol. The summed E-state index contributed by atoms with van der Waals surface area (Å²) in [4.78, 5) is 12.0. The van der Waals surface area contributed by atoms with Gasteiger partial charge >= 0.3 is 0 Å². The van der Waals surface area contributed by atoms with Crippen LogP contribution in [0.3, 0.4) is 0 Å². The number of aliphatic hydroxyl groups excluding tert-OH is 1. The second-order valence-corrected chi connectivity index (χ2v) is 5.98. The maximum Gasteiger partial charge on any atom is 0.221 e. The van der Waals surface area contributed by atoms with Crippen molar-refractivity contribution in [2.75, 3.05) is 13.6 Å². The van der Waals surface area contributed by atoms with Crippen LogP contribution in [-0.2, 0) is 4.79 Å². The van der Waals surface area contributed by atoms with Crippen molar-refractivity contribution in [2.24, 2.45) is 5.92 Å². The van der Waals surface area contributed by atoms with E-state index in [2.05, 4.69) is 10.6 Å². The highest BCUT2D eigenvalue weighted by molar-refractivity contribution is 5.77. The van der Waals surface area contributed by atoms with Gasteiger partial charge in [0.25, 0.3) is 0 Å². The highest BCUT2D eigenvalue weighted by Crippen LogP contribution is 2.32. The SMILES string of the molecule is CNC1(CC(=O)NCC(O)C2CC2)CCCCC1. The summed E-state index contributed by atoms with van der Waals surface area (Å²) in [5.74, 6) is 0.504. The summed E-state index contributed by atoms with van der Waals surface area (Å²) in [6, 6.07) is 0. The van der Waals surface area contributed by atoms with Gasteiger partial charge in [0.15, 0.2) is 0 Å². The number of aliphatic hydroxyl groups is 1. The van der Waals surface area contributed by atoms with Gasteiger partial charge in [-0.2, -0.15) is 0 Å². The third-order valence-corrected chi connectivity index (χ3v) is 4.51. The molecule has 0 saturated heterocycles. The van der Waals surface area contributed by atoms with Crippen LogP contribution in [0.1, 0.15) is 51.4 Å². The van der Waals surface area contributed by atoms with E-state index in [1.807, 2.05) is 7.05 Å². The molecule has 2 fully saturated rings. The second-order valence-electron chi connectivity index (χ2n) is 5.98. The van der Waals surface area contributed by atoms with Gasteiger partial charge in [0.1, 0.15) is 0 Å². The fraction of sp³-hybridized carbons (Fsp3) is 0.929. The Bertz CT molecular complexity index is 284. The Balaban J connectivity index is 1.74. The van der Waals surface area contributed by atoms with Crippen molar-refractivity contribution in [1.29, 1.82) is 0 Å². The maximum atomic E-state index is 12.0. The van der Waals surface area contributed by atoms with E-state index in [9.17, 15) is 9.90 Å². The minimum Gasteiger partial charge on any atom is -0.391 e. The molecular formula is C14H26N2O2. The molecule has 0 bridgehead atoms. The Morgan fingerprint density at radius 1 is 1.33 bits per heavy atom. The average Bonchev–Trinajstić information content (AvgIpc) is 3.21. The van der Waals surface area contributed by atoms with Crippen LogP contribution >= 0.6 is 0 Å². The van der Waals surface area contributed by atoms with Crippen LogP contribution in [0.25, 0.3) is 0 Å². The lowest BCUT2D eigenvalue weighted by Crippen LogP contribution is -2.49. The molecule has 4 nitrogen and oxygen atoms in total. The number of carbonyl (C=O) groups excluding carboxylic acids is 1. The van der Waals surface area contributed by atoms with Gasteiger partial charge in [-0.3, -0.25) is 4.79 Å². The van der Waals surface area contributed by atoms with Gasteiger partial charge in [0.05, 0.1) is 6.10 Å². The molecule has 0 aliphatic heterocycles. The molecule has 4 heteroatoms. The smallest absolute Gasteiger partial charge is 0.221 e. The summed E-state index contributed by atoms with van der Waals surface area (Å²) in [5, 5.41) is 16.0. The van der Waals surface area contributed by atoms with Crippen molar-refractivity contribution in [2.45, 2.75) is 63.0 Å². The van der Waals surface area contributed by atoms with Crippen LogP contribution in [-0.4, -0.2) is 36.2 Å². The van der Waals surface area contributed by atoms with Crippen LogP contribution in [0, 0.1) is 5.92 Å². The number of amides is 1. The third-order valence-electron chi connectivity index (χ3n) is 4.51. The number of rotatable bonds is 6. The van der Waals surface area contributed by atoms with Gasteiger partial charge in [-0.1, -0.05) is 19.3 Å². The molecular weight excluding hydrogens is 228 g/mol. The number of nitrogens with one attached hydrogen (secondary N) is 2. The van der Waals surface area contributed by atoms with Crippen molar-refractivity contribution < 1.29 is 9.90 Å². The zero-order chi connectivity index (χ0) is 13.0. The van der Waals surface area contributed by atoms with Gasteiger partial charge < -0.3 is 15.7 Å². The molecule has 2 aliphatic rings. The number of carbonyl (C=O) groups is 1. The summed E-state index contributed by atoms with van der Waals surface area (Å²) < 4.78 is 0. The molecule has 2 rings (SSSR count). The zero-order valence-electron chi connectivity index (χ0n) is 11.4. The van der Waals surface area contributed by atoms with Gasteiger partial charge in [0.2, 0.25) is 5.91 Å². The van der Waals surface area contributed by atoms with Gasteiger partial charge in [-0.15, -0.1) is 0 Å². The molecule has 2 aliphatic carbocycles. The summed E-state index contributed by atoms with van der Waals surface area (Å²) in [7, 11) is 1.96. The van der Waals surface area contributed by atoms with E-state index in [0.717, 1.165) is 25.7 Å². The molecule has 18 heavy (non-hydrogen) atoms. The Hall–Kier alpha value is -0.610. The lowest BCUT2D eigenvalue weighted by molar-refractivity contribution is -0.123. The minimum absolute atomic E-state index is 0.00708. The lowest BCUT2D eigenvalue weighted by atomic mass is 9.79. The van der Waals surface area contributed by atoms with E-state index in [-0.39, 0.29) is 17.6 Å². The van der Waals surface area contributed by atoms with Crippen LogP contribution in [0.15, 0.2) is 0 Å². The van der Waals surface area contributed by atoms with E-state index >= 15 is 0 Å². The van der Waals surface area contributed by atoms with E-state index in [1.165, 1.54) is 19.3 Å². The molecule has 2 saturated carbocycles. The highest BCUT2D eigenvalue weighted by Gasteiger charge is 2.33. The molecule has 1 unspecified atom stereocenters. The van der Waals surface area contributed by atoms with Gasteiger partial charge in [-0.25, -0.2) is 0 Å². The van der Waals surface area contributed by atoms with Crippen LogP contribution < -0.4 is 10.6 Å². The second kappa shape index (κ2) is 6.02. The normalized spacial score (nSPS) is 24.6. The van der Waals surface area contributed by atoms with Crippen molar-refractivity contribution in [1.82, 2.24) is 10.6 Å². The van der Waals surface area contributed by atoms with Crippen LogP contribution in [0.4, 0.5) is 0 Å². The molecule has 0 aromatic rings. The van der Waals surface area contributed by atoms with E-state index in [0.29, 0.717) is 18.9 Å². The molecule has 104 valence electrons. The molecule has 0 aromatic heterocycles. The summed E-state index contributed by atoms with van der Waals surface area (Å²) >= 11 is 0. The number of hydrogen-bond donors (Lipinski definition) is 3. The molecule has 1 amide bonds. The van der Waals surface area contributed by atoms with Crippen molar-refractivity contribution in [3.63, 3.8) is 0 Å². The lowest BCUT2D eigenvalue weighted by Gasteiger charge is -2.36. The molecule has 1 atom stereocenters. The predicted octanol–water partition coefficient (Wildman–Crippen LogP) is 1.19. The van der Waals surface area contributed by atoms with E-state index < -0.39 is 0 Å². The summed E-state index contributed by atoms with van der Waals surface area (Å²) in [5.41, 5.74) is -0.00708. The van der Waals surface area contributed by atoms with E-state index in [1.54, 1.807) is 0 Å². The standard InChI is InChI=1S/C14H26N2O2/c1-15-14(7-3-2-4-8-14)9-13(18)16-10-12(17)11-5-6-11/h11-12,15,17H,2-10H2,1H3,(H,16,18). The first-order valence-corrected chi connectivity index (χ1v) is 7.29.